The maximum atomic E-state index is 12.3. The molecule has 0 aromatic heterocycles. The molecule has 1 nitrogen and oxygen atoms in total. The van der Waals surface area contributed by atoms with E-state index in [9.17, 15) is 8.78 Å². The van der Waals surface area contributed by atoms with Gasteiger partial charge in [0.2, 0.25) is 0 Å². The summed E-state index contributed by atoms with van der Waals surface area (Å²) in [5, 5.41) is 2.94. The van der Waals surface area contributed by atoms with E-state index < -0.39 is 13.3 Å². The van der Waals surface area contributed by atoms with Gasteiger partial charge in [0, 0.05) is 6.54 Å². The van der Waals surface area contributed by atoms with Gasteiger partial charge >= 0.3 is 0 Å². The van der Waals surface area contributed by atoms with Crippen molar-refractivity contribution in [3.8, 4) is 0 Å². The molecule has 0 heterocycles. The molecule has 72 valence electrons. The van der Waals surface area contributed by atoms with Crippen LogP contribution in [0.3, 0.4) is 0 Å². The summed E-state index contributed by atoms with van der Waals surface area (Å²) in [6.07, 6.45) is 0. The van der Waals surface area contributed by atoms with Crippen LogP contribution in [0.5, 0.6) is 0 Å². The Morgan fingerprint density at radius 2 is 1.46 bits per heavy atom. The van der Waals surface area contributed by atoms with Crippen LogP contribution in [0.4, 0.5) is 8.78 Å². The summed E-state index contributed by atoms with van der Waals surface area (Å²) in [6.45, 7) is -0.435. The van der Waals surface area contributed by atoms with Crippen LogP contribution in [0, 0.1) is 0 Å². The quantitative estimate of drug-likeness (QED) is 0.759. The van der Waals surface area contributed by atoms with Gasteiger partial charge in [0.25, 0.3) is 0 Å². The Morgan fingerprint density at radius 3 is 1.85 bits per heavy atom. The van der Waals surface area contributed by atoms with Gasteiger partial charge in [-0.15, -0.1) is 0 Å². The van der Waals surface area contributed by atoms with Gasteiger partial charge in [-0.25, -0.2) is 8.78 Å². The maximum absolute atomic E-state index is 12.3. The third-order valence-corrected chi connectivity index (χ3v) is 1.80. The zero-order valence-electron chi connectivity index (χ0n) is 7.61. The van der Waals surface area contributed by atoms with Gasteiger partial charge in [0.1, 0.15) is 13.3 Å². The molecule has 0 aliphatic rings. The first-order valence-corrected chi connectivity index (χ1v) is 4.18. The van der Waals surface area contributed by atoms with Crippen LogP contribution in [0.15, 0.2) is 18.2 Å². The topological polar surface area (TPSA) is 12.0 Å². The second kappa shape index (κ2) is 4.92. The fourth-order valence-corrected chi connectivity index (χ4v) is 1.30. The molecule has 1 rings (SSSR count). The van der Waals surface area contributed by atoms with Gasteiger partial charge in [-0.3, -0.25) is 0 Å². The molecule has 0 spiro atoms. The Hall–Kier alpha value is -0.960. The van der Waals surface area contributed by atoms with Crippen LogP contribution < -0.4 is 5.32 Å². The Balaban J connectivity index is 2.93. The van der Waals surface area contributed by atoms with Crippen molar-refractivity contribution in [3.05, 3.63) is 34.9 Å². The van der Waals surface area contributed by atoms with Crippen LogP contribution in [0.1, 0.15) is 16.7 Å². The standard InChI is InChI=1S/C10H13F2N/c1-13-7-10-3-8(5-11)2-9(4-10)6-12/h2-4,13H,5-7H2,1H3. The van der Waals surface area contributed by atoms with Crippen molar-refractivity contribution in [1.29, 1.82) is 0 Å². The van der Waals surface area contributed by atoms with E-state index in [1.165, 1.54) is 0 Å². The lowest BCUT2D eigenvalue weighted by molar-refractivity contribution is 0.474. The lowest BCUT2D eigenvalue weighted by atomic mass is 10.1. The molecule has 0 saturated heterocycles. The van der Waals surface area contributed by atoms with E-state index in [2.05, 4.69) is 5.32 Å². The molecule has 0 fully saturated rings. The van der Waals surface area contributed by atoms with Gasteiger partial charge < -0.3 is 5.32 Å². The van der Waals surface area contributed by atoms with Crippen molar-refractivity contribution < 1.29 is 8.78 Å². The van der Waals surface area contributed by atoms with Crippen molar-refractivity contribution in [1.82, 2.24) is 5.32 Å². The van der Waals surface area contributed by atoms with E-state index in [0.717, 1.165) is 5.56 Å². The highest BCUT2D eigenvalue weighted by molar-refractivity contribution is 5.29. The molecule has 0 bridgehead atoms. The summed E-state index contributed by atoms with van der Waals surface area (Å²) in [5.74, 6) is 0. The Labute approximate surface area is 76.8 Å². The van der Waals surface area contributed by atoms with Gasteiger partial charge in [0.05, 0.1) is 0 Å². The van der Waals surface area contributed by atoms with Gasteiger partial charge in [-0.05, 0) is 23.7 Å². The summed E-state index contributed by atoms with van der Waals surface area (Å²) >= 11 is 0. The van der Waals surface area contributed by atoms with Crippen LogP contribution >= 0.6 is 0 Å². The normalized spacial score (nSPS) is 10.4. The number of halogens is 2. The molecule has 1 N–H and O–H groups in total. The molecule has 1 aromatic rings. The summed E-state index contributed by atoms with van der Waals surface area (Å²) in [6, 6.07) is 5.05. The van der Waals surface area contributed by atoms with Crippen LogP contribution in [-0.2, 0) is 19.9 Å². The molecular weight excluding hydrogens is 172 g/mol. The first-order chi connectivity index (χ1) is 6.30. The van der Waals surface area contributed by atoms with Crippen LogP contribution in [-0.4, -0.2) is 7.05 Å². The fraction of sp³-hybridized carbons (Fsp3) is 0.400. The number of benzene rings is 1. The van der Waals surface area contributed by atoms with Crippen molar-refractivity contribution in [2.45, 2.75) is 19.9 Å². The third-order valence-electron chi connectivity index (χ3n) is 1.80. The third kappa shape index (κ3) is 2.77. The molecule has 13 heavy (non-hydrogen) atoms. The summed E-state index contributed by atoms with van der Waals surface area (Å²) in [7, 11) is 1.80. The van der Waals surface area contributed by atoms with Crippen LogP contribution in [0.2, 0.25) is 0 Å². The average Bonchev–Trinajstić information content (AvgIpc) is 2.17. The molecule has 0 atom stereocenters. The van der Waals surface area contributed by atoms with Gasteiger partial charge in [-0.1, -0.05) is 18.2 Å². The number of rotatable bonds is 4. The number of nitrogens with one attached hydrogen (secondary N) is 1. The Bertz CT molecular complexity index is 251. The van der Waals surface area contributed by atoms with E-state index in [1.807, 2.05) is 0 Å². The molecule has 1 aromatic carbocycles. The van der Waals surface area contributed by atoms with E-state index >= 15 is 0 Å². The molecule has 0 unspecified atom stereocenters. The summed E-state index contributed by atoms with van der Waals surface area (Å²) < 4.78 is 24.6. The monoisotopic (exact) mass is 185 g/mol. The summed E-state index contributed by atoms with van der Waals surface area (Å²) in [5.41, 5.74) is 2.01. The SMILES string of the molecule is CNCc1cc(CF)cc(CF)c1. The van der Waals surface area contributed by atoms with Gasteiger partial charge in [0.15, 0.2) is 0 Å². The number of alkyl halides is 2. The van der Waals surface area contributed by atoms with Crippen molar-refractivity contribution in [2.24, 2.45) is 0 Å². The van der Waals surface area contributed by atoms with Crippen molar-refractivity contribution in [2.75, 3.05) is 7.05 Å². The summed E-state index contributed by atoms with van der Waals surface area (Å²) in [4.78, 5) is 0. The first-order valence-electron chi connectivity index (χ1n) is 4.18. The number of hydrogen-bond acceptors (Lipinski definition) is 1. The minimum atomic E-state index is -0.537. The first kappa shape index (κ1) is 10.1. The second-order valence-electron chi connectivity index (χ2n) is 2.96. The zero-order chi connectivity index (χ0) is 9.68. The fourth-order valence-electron chi connectivity index (χ4n) is 1.30. The highest BCUT2D eigenvalue weighted by Crippen LogP contribution is 2.12. The largest absolute Gasteiger partial charge is 0.316 e. The lowest BCUT2D eigenvalue weighted by Gasteiger charge is -2.05. The predicted octanol–water partition coefficient (Wildman–Crippen LogP) is 2.35. The van der Waals surface area contributed by atoms with Crippen molar-refractivity contribution >= 4 is 0 Å². The highest BCUT2D eigenvalue weighted by atomic mass is 19.1. The lowest BCUT2D eigenvalue weighted by Crippen LogP contribution is -2.05. The van der Waals surface area contributed by atoms with Gasteiger partial charge in [-0.2, -0.15) is 0 Å². The highest BCUT2D eigenvalue weighted by Gasteiger charge is 2.00. The molecule has 3 heteroatoms. The van der Waals surface area contributed by atoms with Crippen molar-refractivity contribution in [3.63, 3.8) is 0 Å². The minimum Gasteiger partial charge on any atom is -0.316 e. The zero-order valence-corrected chi connectivity index (χ0v) is 7.61. The molecular formula is C10H13F2N. The van der Waals surface area contributed by atoms with E-state index in [-0.39, 0.29) is 0 Å². The molecule has 0 saturated carbocycles. The smallest absolute Gasteiger partial charge is 0.115 e. The minimum absolute atomic E-state index is 0.537. The maximum Gasteiger partial charge on any atom is 0.115 e. The molecule has 0 aliphatic carbocycles. The predicted molar refractivity (Wildman–Crippen MR) is 48.8 cm³/mol. The van der Waals surface area contributed by atoms with Crippen LogP contribution in [0.25, 0.3) is 0 Å². The second-order valence-corrected chi connectivity index (χ2v) is 2.96. The van der Waals surface area contributed by atoms with E-state index in [1.54, 1.807) is 25.2 Å². The van der Waals surface area contributed by atoms with E-state index in [4.69, 9.17) is 0 Å². The molecule has 0 radical (unpaired) electrons. The molecule has 0 aliphatic heterocycles. The number of hydrogen-bond donors (Lipinski definition) is 1. The Kier molecular flexibility index (Phi) is 3.83. The molecule has 0 amide bonds. The average molecular weight is 185 g/mol. The van der Waals surface area contributed by atoms with E-state index in [0.29, 0.717) is 17.7 Å². The Morgan fingerprint density at radius 1 is 1.00 bits per heavy atom.